The van der Waals surface area contributed by atoms with E-state index in [1.165, 1.54) is 6.20 Å². The Morgan fingerprint density at radius 3 is 2.64 bits per heavy atom. The van der Waals surface area contributed by atoms with Gasteiger partial charge in [0.2, 0.25) is 5.91 Å². The Hall–Kier alpha value is -2.34. The molecule has 2 rings (SSSR count). The van der Waals surface area contributed by atoms with Crippen LogP contribution in [0.3, 0.4) is 0 Å². The number of aromatic nitrogens is 2. The van der Waals surface area contributed by atoms with Crippen LogP contribution in [0.4, 0.5) is 0 Å². The zero-order valence-corrected chi connectivity index (χ0v) is 15.6. The number of halogens is 1. The molecule has 0 fully saturated rings. The van der Waals surface area contributed by atoms with Gasteiger partial charge in [-0.05, 0) is 45.4 Å². The van der Waals surface area contributed by atoms with Crippen molar-refractivity contribution < 1.29 is 9.59 Å². The van der Waals surface area contributed by atoms with Gasteiger partial charge in [-0.15, -0.1) is 0 Å². The summed E-state index contributed by atoms with van der Waals surface area (Å²) in [6, 6.07) is 6.66. The minimum atomic E-state index is -0.629. The highest BCUT2D eigenvalue weighted by atomic mass is 35.5. The maximum absolute atomic E-state index is 12.5. The molecule has 6 nitrogen and oxygen atoms in total. The fraction of sp³-hybridized carbons (Fsp3) is 0.389. The summed E-state index contributed by atoms with van der Waals surface area (Å²) >= 11 is 6.01. The molecule has 1 aromatic heterocycles. The number of nitrogens with zero attached hydrogens (tertiary/aromatic N) is 2. The van der Waals surface area contributed by atoms with Crippen molar-refractivity contribution in [2.45, 2.75) is 46.2 Å². The third kappa shape index (κ3) is 4.60. The molecule has 134 valence electrons. The highest BCUT2D eigenvalue weighted by molar-refractivity contribution is 6.30. The van der Waals surface area contributed by atoms with Crippen molar-refractivity contribution in [3.8, 4) is 5.69 Å². The van der Waals surface area contributed by atoms with Crippen LogP contribution in [0.15, 0.2) is 30.5 Å². The molecular formula is C18H23ClN4O2. The van der Waals surface area contributed by atoms with E-state index in [4.69, 9.17) is 11.6 Å². The van der Waals surface area contributed by atoms with Crippen LogP contribution in [0.5, 0.6) is 0 Å². The first-order chi connectivity index (χ1) is 11.8. The summed E-state index contributed by atoms with van der Waals surface area (Å²) in [5.41, 5.74) is 1.86. The minimum Gasteiger partial charge on any atom is -0.352 e. The van der Waals surface area contributed by atoms with E-state index in [-0.39, 0.29) is 17.9 Å². The number of carbonyl (C=O) groups is 2. The van der Waals surface area contributed by atoms with Gasteiger partial charge in [0.1, 0.15) is 6.04 Å². The van der Waals surface area contributed by atoms with Gasteiger partial charge in [-0.2, -0.15) is 5.10 Å². The predicted octanol–water partition coefficient (Wildman–Crippen LogP) is 2.87. The van der Waals surface area contributed by atoms with Crippen molar-refractivity contribution in [3.63, 3.8) is 0 Å². The molecule has 2 N–H and O–H groups in total. The molecule has 1 heterocycles. The van der Waals surface area contributed by atoms with Gasteiger partial charge in [0, 0.05) is 11.1 Å². The van der Waals surface area contributed by atoms with Gasteiger partial charge < -0.3 is 10.6 Å². The number of amides is 2. The summed E-state index contributed by atoms with van der Waals surface area (Å²) in [5.74, 6) is -0.542. The number of rotatable bonds is 6. The lowest BCUT2D eigenvalue weighted by molar-refractivity contribution is -0.123. The van der Waals surface area contributed by atoms with Crippen LogP contribution in [-0.4, -0.2) is 33.7 Å². The van der Waals surface area contributed by atoms with Gasteiger partial charge in [-0.3, -0.25) is 9.59 Å². The molecule has 0 saturated carbocycles. The van der Waals surface area contributed by atoms with E-state index in [2.05, 4.69) is 15.7 Å². The van der Waals surface area contributed by atoms with Crippen LogP contribution < -0.4 is 10.6 Å². The van der Waals surface area contributed by atoms with Gasteiger partial charge in [0.05, 0.1) is 23.1 Å². The third-order valence-corrected chi connectivity index (χ3v) is 4.28. The molecule has 25 heavy (non-hydrogen) atoms. The molecule has 2 amide bonds. The summed E-state index contributed by atoms with van der Waals surface area (Å²) in [5, 5.41) is 10.4. The first-order valence-electron chi connectivity index (χ1n) is 8.25. The lowest BCUT2D eigenvalue weighted by Crippen LogP contribution is -2.47. The lowest BCUT2D eigenvalue weighted by Gasteiger charge is -2.17. The first-order valence-corrected chi connectivity index (χ1v) is 8.63. The summed E-state index contributed by atoms with van der Waals surface area (Å²) < 4.78 is 1.64. The van der Waals surface area contributed by atoms with Gasteiger partial charge in [0.25, 0.3) is 5.91 Å². The van der Waals surface area contributed by atoms with E-state index in [1.54, 1.807) is 30.7 Å². The summed E-state index contributed by atoms with van der Waals surface area (Å²) in [6.45, 7) is 7.37. The monoisotopic (exact) mass is 362 g/mol. The minimum absolute atomic E-state index is 0.0687. The molecule has 1 aromatic carbocycles. The first kappa shape index (κ1) is 19.0. The van der Waals surface area contributed by atoms with Crippen LogP contribution in [0, 0.1) is 6.92 Å². The van der Waals surface area contributed by atoms with E-state index in [9.17, 15) is 9.59 Å². The van der Waals surface area contributed by atoms with E-state index in [0.717, 1.165) is 12.1 Å². The summed E-state index contributed by atoms with van der Waals surface area (Å²) in [6.07, 6.45) is 2.32. The standard InChI is InChI=1S/C18H23ClN4O2/c1-5-11(2)21-17(24)12(3)22-18(25)16-10-20-23(13(16)4)15-8-6-7-14(19)9-15/h6-12H,5H2,1-4H3,(H,21,24)(H,22,25). The Bertz CT molecular complexity index is 772. The number of hydrogen-bond acceptors (Lipinski definition) is 3. The molecule has 2 aromatic rings. The molecule has 0 aliphatic carbocycles. The van der Waals surface area contributed by atoms with Crippen LogP contribution in [-0.2, 0) is 4.79 Å². The highest BCUT2D eigenvalue weighted by Crippen LogP contribution is 2.18. The van der Waals surface area contributed by atoms with E-state index < -0.39 is 6.04 Å². The van der Waals surface area contributed by atoms with Crippen molar-refractivity contribution in [1.29, 1.82) is 0 Å². The second-order valence-corrected chi connectivity index (χ2v) is 6.48. The zero-order valence-electron chi connectivity index (χ0n) is 14.8. The van der Waals surface area contributed by atoms with Crippen molar-refractivity contribution in [2.24, 2.45) is 0 Å². The predicted molar refractivity (Wildman–Crippen MR) is 98.1 cm³/mol. The number of benzene rings is 1. The summed E-state index contributed by atoms with van der Waals surface area (Å²) in [7, 11) is 0. The van der Waals surface area contributed by atoms with E-state index in [1.807, 2.05) is 26.0 Å². The van der Waals surface area contributed by atoms with Crippen LogP contribution in [0.2, 0.25) is 5.02 Å². The van der Waals surface area contributed by atoms with Crippen LogP contribution in [0.1, 0.15) is 43.2 Å². The van der Waals surface area contributed by atoms with E-state index in [0.29, 0.717) is 16.3 Å². The van der Waals surface area contributed by atoms with Gasteiger partial charge in [-0.1, -0.05) is 24.6 Å². The molecular weight excluding hydrogens is 340 g/mol. The molecule has 0 aliphatic heterocycles. The maximum atomic E-state index is 12.5. The lowest BCUT2D eigenvalue weighted by atomic mass is 10.2. The zero-order chi connectivity index (χ0) is 18.6. The Morgan fingerprint density at radius 1 is 1.28 bits per heavy atom. The molecule has 2 unspecified atom stereocenters. The van der Waals surface area contributed by atoms with Crippen molar-refractivity contribution in [1.82, 2.24) is 20.4 Å². The van der Waals surface area contributed by atoms with E-state index >= 15 is 0 Å². The molecule has 2 atom stereocenters. The Balaban J connectivity index is 2.12. The van der Waals surface area contributed by atoms with Gasteiger partial charge in [0.15, 0.2) is 0 Å². The number of hydrogen-bond donors (Lipinski definition) is 2. The SMILES string of the molecule is CCC(C)NC(=O)C(C)NC(=O)c1cnn(-c2cccc(Cl)c2)c1C. The molecule has 7 heteroatoms. The largest absolute Gasteiger partial charge is 0.352 e. The fourth-order valence-corrected chi connectivity index (χ4v) is 2.50. The van der Waals surface area contributed by atoms with Crippen LogP contribution >= 0.6 is 11.6 Å². The topological polar surface area (TPSA) is 76.0 Å². The summed E-state index contributed by atoms with van der Waals surface area (Å²) in [4.78, 5) is 24.5. The van der Waals surface area contributed by atoms with Gasteiger partial charge in [-0.25, -0.2) is 4.68 Å². The van der Waals surface area contributed by atoms with Crippen molar-refractivity contribution >= 4 is 23.4 Å². The molecule has 0 aliphatic rings. The number of nitrogens with one attached hydrogen (secondary N) is 2. The normalized spacial score (nSPS) is 13.2. The smallest absolute Gasteiger partial charge is 0.255 e. The average Bonchev–Trinajstić information content (AvgIpc) is 2.96. The van der Waals surface area contributed by atoms with Crippen molar-refractivity contribution in [3.05, 3.63) is 46.7 Å². The second kappa shape index (κ2) is 8.16. The van der Waals surface area contributed by atoms with Crippen LogP contribution in [0.25, 0.3) is 5.69 Å². The molecule has 0 saturated heterocycles. The fourth-order valence-electron chi connectivity index (χ4n) is 2.31. The molecule has 0 radical (unpaired) electrons. The molecule has 0 bridgehead atoms. The molecule has 0 spiro atoms. The maximum Gasteiger partial charge on any atom is 0.255 e. The van der Waals surface area contributed by atoms with Gasteiger partial charge >= 0.3 is 0 Å². The van der Waals surface area contributed by atoms with Crippen molar-refractivity contribution in [2.75, 3.05) is 0 Å². The quantitative estimate of drug-likeness (QED) is 0.829. The third-order valence-electron chi connectivity index (χ3n) is 4.05. The Kier molecular flexibility index (Phi) is 6.20. The number of carbonyl (C=O) groups excluding carboxylic acids is 2. The Morgan fingerprint density at radius 2 is 2.00 bits per heavy atom. The average molecular weight is 363 g/mol. The Labute approximate surface area is 152 Å². The highest BCUT2D eigenvalue weighted by Gasteiger charge is 2.21. The second-order valence-electron chi connectivity index (χ2n) is 6.05.